The zero-order valence-electron chi connectivity index (χ0n) is 12.5. The van der Waals surface area contributed by atoms with E-state index in [0.29, 0.717) is 24.0 Å². The van der Waals surface area contributed by atoms with E-state index < -0.39 is 0 Å². The number of nitrogens with zero attached hydrogens (tertiary/aromatic N) is 1. The Morgan fingerprint density at radius 1 is 1.35 bits per heavy atom. The topological polar surface area (TPSA) is 29.5 Å². The second kappa shape index (κ2) is 7.65. The highest BCUT2D eigenvalue weighted by molar-refractivity contribution is 5.85. The summed E-state index contributed by atoms with van der Waals surface area (Å²) in [5, 5.41) is 0. The third kappa shape index (κ3) is 4.22. The molecule has 0 aromatic heterocycles. The molecule has 3 nitrogen and oxygen atoms in total. The van der Waals surface area contributed by atoms with Crippen molar-refractivity contribution in [2.75, 3.05) is 27.7 Å². The Bertz CT molecular complexity index is 448. The first-order valence-electron chi connectivity index (χ1n) is 6.90. The van der Waals surface area contributed by atoms with E-state index in [0.717, 1.165) is 25.1 Å². The molecule has 4 heteroatoms. The Balaban J connectivity index is 0.00000200. The van der Waals surface area contributed by atoms with Crippen LogP contribution in [0.5, 0.6) is 5.75 Å². The van der Waals surface area contributed by atoms with Crippen LogP contribution in [0.15, 0.2) is 24.3 Å². The molecule has 0 N–H and O–H groups in total. The molecule has 2 rings (SSSR count). The molecule has 0 amide bonds. The van der Waals surface area contributed by atoms with Crippen LogP contribution in [-0.4, -0.2) is 38.4 Å². The van der Waals surface area contributed by atoms with Crippen LogP contribution in [0.25, 0.3) is 0 Å². The van der Waals surface area contributed by atoms with Crippen molar-refractivity contribution in [2.24, 2.45) is 5.92 Å². The summed E-state index contributed by atoms with van der Waals surface area (Å²) >= 11 is 0. The van der Waals surface area contributed by atoms with E-state index in [-0.39, 0.29) is 12.4 Å². The second-order valence-electron chi connectivity index (χ2n) is 5.69. The number of hydrogen-bond donors (Lipinski definition) is 0. The highest BCUT2D eigenvalue weighted by atomic mass is 35.5. The van der Waals surface area contributed by atoms with Gasteiger partial charge in [0.05, 0.1) is 7.11 Å². The van der Waals surface area contributed by atoms with Crippen LogP contribution in [0, 0.1) is 5.92 Å². The molecule has 20 heavy (non-hydrogen) atoms. The zero-order chi connectivity index (χ0) is 13.8. The molecular weight excluding hydrogens is 274 g/mol. The minimum Gasteiger partial charge on any atom is -0.497 e. The number of carbonyl (C=O) groups excluding carboxylic acids is 1. The van der Waals surface area contributed by atoms with Crippen molar-refractivity contribution in [1.82, 2.24) is 4.90 Å². The number of methoxy groups -OCH3 is 1. The van der Waals surface area contributed by atoms with Gasteiger partial charge in [0.25, 0.3) is 0 Å². The van der Waals surface area contributed by atoms with Crippen molar-refractivity contribution in [3.05, 3.63) is 29.8 Å². The highest BCUT2D eigenvalue weighted by Crippen LogP contribution is 2.37. The molecule has 1 fully saturated rings. The number of ketones is 1. The third-order valence-electron chi connectivity index (χ3n) is 3.93. The van der Waals surface area contributed by atoms with Crippen molar-refractivity contribution in [3.63, 3.8) is 0 Å². The summed E-state index contributed by atoms with van der Waals surface area (Å²) in [5.74, 6) is 2.15. The first kappa shape index (κ1) is 17.0. The van der Waals surface area contributed by atoms with Gasteiger partial charge in [-0.1, -0.05) is 12.1 Å². The largest absolute Gasteiger partial charge is 0.497 e. The number of rotatable bonds is 4. The molecule has 0 spiro atoms. The van der Waals surface area contributed by atoms with E-state index in [9.17, 15) is 4.79 Å². The molecule has 0 unspecified atom stereocenters. The molecule has 112 valence electrons. The Kier molecular flexibility index (Phi) is 6.50. The minimum atomic E-state index is 0. The number of carbonyl (C=O) groups is 1. The third-order valence-corrected chi connectivity index (χ3v) is 3.93. The van der Waals surface area contributed by atoms with Crippen LogP contribution in [0.1, 0.15) is 30.7 Å². The molecule has 1 aromatic rings. The molecule has 0 heterocycles. The van der Waals surface area contributed by atoms with Crippen molar-refractivity contribution >= 4 is 18.2 Å². The van der Waals surface area contributed by atoms with Crippen LogP contribution >= 0.6 is 12.4 Å². The van der Waals surface area contributed by atoms with E-state index in [1.54, 1.807) is 7.11 Å². The number of hydrogen-bond acceptors (Lipinski definition) is 3. The first-order chi connectivity index (χ1) is 9.10. The Morgan fingerprint density at radius 2 is 2.10 bits per heavy atom. The average molecular weight is 298 g/mol. The second-order valence-corrected chi connectivity index (χ2v) is 5.69. The van der Waals surface area contributed by atoms with Crippen LogP contribution in [-0.2, 0) is 4.79 Å². The van der Waals surface area contributed by atoms with Gasteiger partial charge < -0.3 is 9.64 Å². The molecule has 1 saturated carbocycles. The summed E-state index contributed by atoms with van der Waals surface area (Å²) in [6.45, 7) is 1.04. The number of ether oxygens (including phenoxy) is 1. The van der Waals surface area contributed by atoms with Gasteiger partial charge in [-0.3, -0.25) is 4.79 Å². The molecule has 2 atom stereocenters. The Hall–Kier alpha value is -1.06. The van der Waals surface area contributed by atoms with Crippen molar-refractivity contribution < 1.29 is 9.53 Å². The van der Waals surface area contributed by atoms with Crippen LogP contribution in [0.3, 0.4) is 0 Å². The normalized spacial score (nSPS) is 22.5. The van der Waals surface area contributed by atoms with E-state index >= 15 is 0 Å². The molecule has 1 aliphatic carbocycles. The van der Waals surface area contributed by atoms with Crippen LogP contribution in [0.2, 0.25) is 0 Å². The number of Topliss-reactive ketones (excluding diaryl/α,β-unsaturated/α-hetero) is 1. The molecule has 0 saturated heterocycles. The van der Waals surface area contributed by atoms with Gasteiger partial charge in [-0.15, -0.1) is 12.4 Å². The van der Waals surface area contributed by atoms with Crippen molar-refractivity contribution in [1.29, 1.82) is 0 Å². The molecule has 0 radical (unpaired) electrons. The minimum absolute atomic E-state index is 0. The fourth-order valence-electron chi connectivity index (χ4n) is 3.01. The standard InChI is InChI=1S/C16H23NO2.ClH/c1-17(2)11-13-7-8-14(18)10-16(13)12-5-4-6-15(9-12)19-3;/h4-6,9,13,16H,7-8,10-11H2,1-3H3;1H/t13-,16-;/m0./s1. The van der Waals surface area contributed by atoms with E-state index in [2.05, 4.69) is 31.1 Å². The summed E-state index contributed by atoms with van der Waals surface area (Å²) in [7, 11) is 5.88. The number of halogens is 1. The first-order valence-corrected chi connectivity index (χ1v) is 6.90. The lowest BCUT2D eigenvalue weighted by atomic mass is 9.74. The predicted octanol–water partition coefficient (Wildman–Crippen LogP) is 3.13. The van der Waals surface area contributed by atoms with Crippen molar-refractivity contribution in [2.45, 2.75) is 25.2 Å². The maximum atomic E-state index is 11.8. The van der Waals surface area contributed by atoms with Crippen LogP contribution in [0.4, 0.5) is 0 Å². The Morgan fingerprint density at radius 3 is 2.75 bits per heavy atom. The smallest absolute Gasteiger partial charge is 0.133 e. The van der Waals surface area contributed by atoms with Gasteiger partial charge in [-0.05, 0) is 50.0 Å². The van der Waals surface area contributed by atoms with Gasteiger partial charge in [0, 0.05) is 19.4 Å². The highest BCUT2D eigenvalue weighted by Gasteiger charge is 2.30. The van der Waals surface area contributed by atoms with E-state index in [1.165, 1.54) is 5.56 Å². The van der Waals surface area contributed by atoms with Gasteiger partial charge >= 0.3 is 0 Å². The summed E-state index contributed by atoms with van der Waals surface area (Å²) in [6, 6.07) is 8.16. The summed E-state index contributed by atoms with van der Waals surface area (Å²) in [5.41, 5.74) is 1.24. The number of benzene rings is 1. The molecule has 0 bridgehead atoms. The maximum Gasteiger partial charge on any atom is 0.133 e. The lowest BCUT2D eigenvalue weighted by molar-refractivity contribution is -0.121. The van der Waals surface area contributed by atoms with Gasteiger partial charge in [0.15, 0.2) is 0 Å². The zero-order valence-corrected chi connectivity index (χ0v) is 13.3. The summed E-state index contributed by atoms with van der Waals surface area (Å²) in [6.07, 6.45) is 2.41. The monoisotopic (exact) mass is 297 g/mol. The fourth-order valence-corrected chi connectivity index (χ4v) is 3.01. The average Bonchev–Trinajstić information content (AvgIpc) is 2.40. The molecule has 0 aliphatic heterocycles. The SMILES string of the molecule is COc1cccc([C@@H]2CC(=O)CC[C@H]2CN(C)C)c1.Cl. The lowest BCUT2D eigenvalue weighted by Gasteiger charge is -2.33. The predicted molar refractivity (Wildman–Crippen MR) is 83.9 cm³/mol. The maximum absolute atomic E-state index is 11.8. The molecular formula is C16H24ClNO2. The van der Waals surface area contributed by atoms with Gasteiger partial charge in [-0.25, -0.2) is 0 Å². The van der Waals surface area contributed by atoms with Crippen LogP contribution < -0.4 is 4.74 Å². The van der Waals surface area contributed by atoms with Gasteiger partial charge in [0.1, 0.15) is 11.5 Å². The Labute approximate surface area is 127 Å². The van der Waals surface area contributed by atoms with Gasteiger partial charge in [0.2, 0.25) is 0 Å². The fraction of sp³-hybridized carbons (Fsp3) is 0.562. The molecule has 1 aromatic carbocycles. The van der Waals surface area contributed by atoms with E-state index in [1.807, 2.05) is 12.1 Å². The quantitative estimate of drug-likeness (QED) is 0.855. The molecule has 1 aliphatic rings. The van der Waals surface area contributed by atoms with E-state index in [4.69, 9.17) is 4.74 Å². The lowest BCUT2D eigenvalue weighted by Crippen LogP contribution is -2.31. The summed E-state index contributed by atoms with van der Waals surface area (Å²) in [4.78, 5) is 14.0. The van der Waals surface area contributed by atoms with Crippen molar-refractivity contribution in [3.8, 4) is 5.75 Å². The summed E-state index contributed by atoms with van der Waals surface area (Å²) < 4.78 is 5.29. The van der Waals surface area contributed by atoms with Gasteiger partial charge in [-0.2, -0.15) is 0 Å².